The Labute approximate surface area is 237 Å². The van der Waals surface area contributed by atoms with Gasteiger partial charge in [-0.15, -0.1) is 0 Å². The van der Waals surface area contributed by atoms with E-state index >= 15 is 0 Å². The van der Waals surface area contributed by atoms with E-state index in [4.69, 9.17) is 9.47 Å². The maximum Gasteiger partial charge on any atom is 0.302 e. The minimum atomic E-state index is -0.816. The Morgan fingerprint density at radius 1 is 1.05 bits per heavy atom. The van der Waals surface area contributed by atoms with Crippen molar-refractivity contribution >= 4 is 11.9 Å². The van der Waals surface area contributed by atoms with Gasteiger partial charge in [-0.2, -0.15) is 0 Å². The minimum absolute atomic E-state index is 0.00129. The van der Waals surface area contributed by atoms with E-state index in [1.54, 1.807) is 0 Å². The molecule has 39 heavy (non-hydrogen) atoms. The molecule has 1 N–H and O–H groups in total. The van der Waals surface area contributed by atoms with Gasteiger partial charge in [0, 0.05) is 30.1 Å². The molecule has 0 saturated heterocycles. The molecule has 4 aliphatic carbocycles. The average molecular weight is 543 g/mol. The van der Waals surface area contributed by atoms with Crippen LogP contribution in [0.1, 0.15) is 120 Å². The first-order valence-corrected chi connectivity index (χ1v) is 15.5. The Hall–Kier alpha value is -1.62. The summed E-state index contributed by atoms with van der Waals surface area (Å²) in [5.41, 5.74) is 1.42. The first-order chi connectivity index (χ1) is 18.0. The molecule has 0 aliphatic heterocycles. The highest BCUT2D eigenvalue weighted by Gasteiger charge is 2.67. The van der Waals surface area contributed by atoms with Crippen molar-refractivity contribution in [3.63, 3.8) is 0 Å². The second kappa shape index (κ2) is 10.3. The number of allylic oxidation sites excluding steroid dienone is 4. The van der Waals surface area contributed by atoms with Gasteiger partial charge in [0.15, 0.2) is 0 Å². The lowest BCUT2D eigenvalue weighted by molar-refractivity contribution is -0.166. The first kappa shape index (κ1) is 30.3. The van der Waals surface area contributed by atoms with E-state index in [-0.39, 0.29) is 45.6 Å². The fraction of sp³-hybridized carbons (Fsp3) is 0.824. The SMILES string of the molecule is CC(=O)OCC12CC=C3C(=CCC4C3(C)CCC(OC(C)=O)C4(C)C)C1(C)CCC2C(C)(O)CCCC(C)C. The van der Waals surface area contributed by atoms with Gasteiger partial charge in [-0.25, -0.2) is 0 Å². The van der Waals surface area contributed by atoms with Crippen LogP contribution in [0.15, 0.2) is 23.3 Å². The average Bonchev–Trinajstić information content (AvgIpc) is 3.13. The molecule has 4 aliphatic rings. The van der Waals surface area contributed by atoms with Crippen LogP contribution in [0.3, 0.4) is 0 Å². The number of carbonyl (C=O) groups excluding carboxylic acids is 2. The van der Waals surface area contributed by atoms with Crippen molar-refractivity contribution in [2.45, 2.75) is 132 Å². The van der Waals surface area contributed by atoms with Gasteiger partial charge in [0.05, 0.1) is 12.2 Å². The van der Waals surface area contributed by atoms with Crippen LogP contribution in [0, 0.1) is 39.4 Å². The molecule has 0 amide bonds. The number of fused-ring (bicyclic) bond motifs is 5. The third-order valence-electron chi connectivity index (χ3n) is 11.9. The Balaban J connectivity index is 1.73. The van der Waals surface area contributed by atoms with Crippen LogP contribution < -0.4 is 0 Å². The van der Waals surface area contributed by atoms with E-state index in [9.17, 15) is 14.7 Å². The standard InChI is InChI=1S/C34H54O5/c1-22(2)11-10-17-33(9,37)28-15-19-32(8)26-12-13-27-30(5,6)29(39-24(4)36)16-18-31(27,7)25(26)14-20-34(28,32)21-38-23(3)35/h12,14,22,27-29,37H,10-11,13,15-21H2,1-9H3. The molecule has 2 saturated carbocycles. The summed E-state index contributed by atoms with van der Waals surface area (Å²) >= 11 is 0. The Kier molecular flexibility index (Phi) is 8.04. The molecule has 0 radical (unpaired) electrons. The molecule has 0 aromatic rings. The van der Waals surface area contributed by atoms with Gasteiger partial charge >= 0.3 is 11.9 Å². The predicted octanol–water partition coefficient (Wildman–Crippen LogP) is 7.56. The summed E-state index contributed by atoms with van der Waals surface area (Å²) in [5, 5.41) is 12.0. The lowest BCUT2D eigenvalue weighted by Gasteiger charge is -2.61. The van der Waals surface area contributed by atoms with Crippen molar-refractivity contribution in [3.8, 4) is 0 Å². The van der Waals surface area contributed by atoms with Gasteiger partial charge in [0.25, 0.3) is 0 Å². The number of hydrogen-bond acceptors (Lipinski definition) is 5. The summed E-state index contributed by atoms with van der Waals surface area (Å²) in [6.45, 7) is 19.2. The van der Waals surface area contributed by atoms with Gasteiger partial charge in [-0.1, -0.05) is 66.5 Å². The zero-order valence-corrected chi connectivity index (χ0v) is 26.1. The van der Waals surface area contributed by atoms with Gasteiger partial charge < -0.3 is 14.6 Å². The monoisotopic (exact) mass is 542 g/mol. The van der Waals surface area contributed by atoms with Gasteiger partial charge in [0.1, 0.15) is 6.10 Å². The van der Waals surface area contributed by atoms with Crippen molar-refractivity contribution < 1.29 is 24.2 Å². The third kappa shape index (κ3) is 4.93. The van der Waals surface area contributed by atoms with Crippen LogP contribution in [0.25, 0.3) is 0 Å². The van der Waals surface area contributed by atoms with Gasteiger partial charge in [0.2, 0.25) is 0 Å². The fourth-order valence-electron chi connectivity index (χ4n) is 9.73. The lowest BCUT2D eigenvalue weighted by atomic mass is 9.43. The predicted molar refractivity (Wildman–Crippen MR) is 155 cm³/mol. The smallest absolute Gasteiger partial charge is 0.302 e. The van der Waals surface area contributed by atoms with Crippen molar-refractivity contribution in [2.24, 2.45) is 39.4 Å². The van der Waals surface area contributed by atoms with Gasteiger partial charge in [-0.3, -0.25) is 9.59 Å². The van der Waals surface area contributed by atoms with Crippen LogP contribution >= 0.6 is 0 Å². The Bertz CT molecular complexity index is 1030. The number of ether oxygens (including phenoxy) is 2. The fourth-order valence-corrected chi connectivity index (χ4v) is 9.73. The van der Waals surface area contributed by atoms with E-state index in [0.29, 0.717) is 18.4 Å². The molecule has 7 unspecified atom stereocenters. The molecule has 0 aromatic carbocycles. The number of rotatable bonds is 8. The second-order valence-corrected chi connectivity index (χ2v) is 15.1. The number of hydrogen-bond donors (Lipinski definition) is 1. The highest BCUT2D eigenvalue weighted by molar-refractivity contribution is 5.66. The van der Waals surface area contributed by atoms with Crippen LogP contribution in [-0.4, -0.2) is 35.4 Å². The van der Waals surface area contributed by atoms with Crippen molar-refractivity contribution in [1.82, 2.24) is 0 Å². The van der Waals surface area contributed by atoms with Crippen LogP contribution in [0.2, 0.25) is 0 Å². The quantitative estimate of drug-likeness (QED) is 0.320. The number of aliphatic hydroxyl groups is 1. The van der Waals surface area contributed by atoms with Crippen molar-refractivity contribution in [1.29, 1.82) is 0 Å². The molecule has 220 valence electrons. The first-order valence-electron chi connectivity index (χ1n) is 15.5. The highest BCUT2D eigenvalue weighted by Crippen LogP contribution is 2.72. The maximum absolute atomic E-state index is 12.1. The molecule has 0 heterocycles. The zero-order chi connectivity index (χ0) is 29.0. The molecule has 0 aromatic heterocycles. The van der Waals surface area contributed by atoms with E-state index in [2.05, 4.69) is 53.7 Å². The molecular formula is C34H54O5. The highest BCUT2D eigenvalue weighted by atomic mass is 16.5. The number of esters is 2. The van der Waals surface area contributed by atoms with Gasteiger partial charge in [-0.05, 0) is 86.2 Å². The zero-order valence-electron chi connectivity index (χ0n) is 26.1. The maximum atomic E-state index is 12.1. The molecule has 5 nitrogen and oxygen atoms in total. The molecule has 4 rings (SSSR count). The van der Waals surface area contributed by atoms with Crippen molar-refractivity contribution in [3.05, 3.63) is 23.3 Å². The Morgan fingerprint density at radius 3 is 2.36 bits per heavy atom. The molecule has 7 atom stereocenters. The summed E-state index contributed by atoms with van der Waals surface area (Å²) in [7, 11) is 0. The van der Waals surface area contributed by atoms with E-state index < -0.39 is 5.60 Å². The van der Waals surface area contributed by atoms with Crippen LogP contribution in [0.5, 0.6) is 0 Å². The Morgan fingerprint density at radius 2 is 1.74 bits per heavy atom. The third-order valence-corrected chi connectivity index (χ3v) is 11.9. The second-order valence-electron chi connectivity index (χ2n) is 15.1. The minimum Gasteiger partial charge on any atom is -0.465 e. The lowest BCUT2D eigenvalue weighted by Crippen LogP contribution is -2.57. The summed E-state index contributed by atoms with van der Waals surface area (Å²) in [6, 6.07) is 0. The van der Waals surface area contributed by atoms with E-state index in [0.717, 1.165) is 57.8 Å². The summed E-state index contributed by atoms with van der Waals surface area (Å²) in [4.78, 5) is 24.0. The normalized spacial score (nSPS) is 38.5. The van der Waals surface area contributed by atoms with Crippen LogP contribution in [0.4, 0.5) is 0 Å². The molecule has 2 fully saturated rings. The van der Waals surface area contributed by atoms with Crippen molar-refractivity contribution in [2.75, 3.05) is 6.61 Å². The van der Waals surface area contributed by atoms with Crippen LogP contribution in [-0.2, 0) is 19.1 Å². The molecule has 0 spiro atoms. The summed E-state index contributed by atoms with van der Waals surface area (Å²) in [6.07, 6.45) is 13.3. The summed E-state index contributed by atoms with van der Waals surface area (Å²) in [5.74, 6) is 0.606. The summed E-state index contributed by atoms with van der Waals surface area (Å²) < 4.78 is 11.7. The number of carbonyl (C=O) groups is 2. The molecular weight excluding hydrogens is 488 g/mol. The largest absolute Gasteiger partial charge is 0.465 e. The van der Waals surface area contributed by atoms with E-state index in [1.165, 1.54) is 25.0 Å². The van der Waals surface area contributed by atoms with E-state index in [1.807, 2.05) is 6.92 Å². The molecule has 0 bridgehead atoms. The molecule has 5 heteroatoms. The topological polar surface area (TPSA) is 72.8 Å².